The van der Waals surface area contributed by atoms with E-state index in [1.807, 2.05) is 0 Å². The lowest BCUT2D eigenvalue weighted by Gasteiger charge is -2.07. The molecule has 2 rings (SSSR count). The smallest absolute Gasteiger partial charge is 0.183 e. The van der Waals surface area contributed by atoms with Crippen molar-refractivity contribution in [1.29, 1.82) is 0 Å². The molecule has 0 fully saturated rings. The summed E-state index contributed by atoms with van der Waals surface area (Å²) in [5.41, 5.74) is 0.331. The first-order valence-corrected chi connectivity index (χ1v) is 6.28. The van der Waals surface area contributed by atoms with Gasteiger partial charge in [-0.3, -0.25) is 0 Å². The minimum atomic E-state index is -3.33. The van der Waals surface area contributed by atoms with Gasteiger partial charge in [0, 0.05) is 12.1 Å². The lowest BCUT2D eigenvalue weighted by Crippen LogP contribution is -2.29. The van der Waals surface area contributed by atoms with E-state index in [0.29, 0.717) is 12.1 Å². The second-order valence-corrected chi connectivity index (χ2v) is 5.84. The first kappa shape index (κ1) is 10.6. The van der Waals surface area contributed by atoms with Gasteiger partial charge in [0.25, 0.3) is 0 Å². The second-order valence-electron chi connectivity index (χ2n) is 3.65. The number of hydrogen-bond acceptors (Lipinski definition) is 3. The van der Waals surface area contributed by atoms with Crippen molar-refractivity contribution in [2.45, 2.75) is 16.6 Å². The van der Waals surface area contributed by atoms with Crippen LogP contribution in [0, 0.1) is 5.82 Å². The molecule has 3 nitrogen and oxygen atoms in total. The quantitative estimate of drug-likeness (QED) is 0.813. The average molecular weight is 229 g/mol. The fourth-order valence-electron chi connectivity index (χ4n) is 1.93. The zero-order valence-corrected chi connectivity index (χ0v) is 9.14. The molecule has 0 aromatic heterocycles. The second kappa shape index (κ2) is 3.57. The molecule has 15 heavy (non-hydrogen) atoms. The Morgan fingerprint density at radius 1 is 1.53 bits per heavy atom. The minimum Gasteiger partial charge on any atom is -0.318 e. The third-order valence-electron chi connectivity index (χ3n) is 2.68. The molecule has 0 aliphatic carbocycles. The van der Waals surface area contributed by atoms with Gasteiger partial charge in [0.05, 0.1) is 10.1 Å². The maximum absolute atomic E-state index is 13.4. The van der Waals surface area contributed by atoms with Crippen molar-refractivity contribution in [3.63, 3.8) is 0 Å². The molecule has 0 saturated carbocycles. The van der Waals surface area contributed by atoms with E-state index in [1.165, 1.54) is 18.2 Å². The first-order valence-electron chi connectivity index (χ1n) is 4.73. The normalized spacial score (nSPS) is 22.7. The lowest BCUT2D eigenvalue weighted by atomic mass is 10.1. The van der Waals surface area contributed by atoms with Crippen LogP contribution in [0.4, 0.5) is 4.39 Å². The van der Waals surface area contributed by atoms with Gasteiger partial charge in [-0.05, 0) is 25.6 Å². The van der Waals surface area contributed by atoms with E-state index in [0.717, 1.165) is 0 Å². The average Bonchev–Trinajstić information content (AvgIpc) is 2.43. The van der Waals surface area contributed by atoms with E-state index in [2.05, 4.69) is 5.32 Å². The number of sulfone groups is 1. The summed E-state index contributed by atoms with van der Waals surface area (Å²) in [6, 6.07) is 4.22. The summed E-state index contributed by atoms with van der Waals surface area (Å²) < 4.78 is 37.2. The molecule has 1 aliphatic rings. The Hall–Kier alpha value is -0.940. The van der Waals surface area contributed by atoms with Crippen LogP contribution < -0.4 is 5.32 Å². The molecule has 1 unspecified atom stereocenters. The Kier molecular flexibility index (Phi) is 2.52. The SMILES string of the molecule is CNCC1Cc2c(F)cccc2S1(=O)=O. The van der Waals surface area contributed by atoms with Crippen molar-refractivity contribution in [2.24, 2.45) is 0 Å². The molecule has 1 atom stereocenters. The van der Waals surface area contributed by atoms with Gasteiger partial charge in [0.1, 0.15) is 5.82 Å². The number of halogens is 1. The zero-order valence-electron chi connectivity index (χ0n) is 8.33. The van der Waals surface area contributed by atoms with Crippen molar-refractivity contribution in [3.8, 4) is 0 Å². The van der Waals surface area contributed by atoms with Crippen molar-refractivity contribution in [3.05, 3.63) is 29.6 Å². The van der Waals surface area contributed by atoms with Gasteiger partial charge >= 0.3 is 0 Å². The monoisotopic (exact) mass is 229 g/mol. The minimum absolute atomic E-state index is 0.155. The molecule has 1 N–H and O–H groups in total. The predicted molar refractivity (Wildman–Crippen MR) is 55.0 cm³/mol. The molecule has 1 heterocycles. The Morgan fingerprint density at radius 3 is 2.87 bits per heavy atom. The number of rotatable bonds is 2. The third kappa shape index (κ3) is 1.55. The molecule has 1 aliphatic heterocycles. The summed E-state index contributed by atoms with van der Waals surface area (Å²) >= 11 is 0. The Balaban J connectivity index is 2.52. The molecule has 5 heteroatoms. The predicted octanol–water partition coefficient (Wildman–Crippen LogP) is 0.743. The van der Waals surface area contributed by atoms with E-state index in [9.17, 15) is 12.8 Å². The summed E-state index contributed by atoms with van der Waals surface area (Å²) in [4.78, 5) is 0.155. The standard InChI is InChI=1S/C10H12FNO2S/c1-12-6-7-5-8-9(11)3-2-4-10(8)15(7,13)14/h2-4,7,12H,5-6H2,1H3. The Morgan fingerprint density at radius 2 is 2.27 bits per heavy atom. The van der Waals surface area contributed by atoms with Gasteiger partial charge in [0.2, 0.25) is 0 Å². The highest BCUT2D eigenvalue weighted by atomic mass is 32.2. The highest BCUT2D eigenvalue weighted by Gasteiger charge is 2.37. The fourth-order valence-corrected chi connectivity index (χ4v) is 3.85. The van der Waals surface area contributed by atoms with E-state index in [1.54, 1.807) is 7.05 Å². The number of nitrogens with one attached hydrogen (secondary N) is 1. The van der Waals surface area contributed by atoms with Crippen LogP contribution in [0.3, 0.4) is 0 Å². The lowest BCUT2D eigenvalue weighted by molar-refractivity contribution is 0.580. The molecule has 1 aromatic carbocycles. The van der Waals surface area contributed by atoms with Crippen LogP contribution in [0.2, 0.25) is 0 Å². The summed E-state index contributed by atoms with van der Waals surface area (Å²) in [5, 5.41) is 2.28. The largest absolute Gasteiger partial charge is 0.318 e. The first-order chi connectivity index (χ1) is 7.07. The molecule has 1 aromatic rings. The zero-order chi connectivity index (χ0) is 11.1. The van der Waals surface area contributed by atoms with Gasteiger partial charge < -0.3 is 5.32 Å². The highest BCUT2D eigenvalue weighted by Crippen LogP contribution is 2.32. The van der Waals surface area contributed by atoms with Crippen molar-refractivity contribution in [1.82, 2.24) is 5.32 Å². The van der Waals surface area contributed by atoms with Crippen LogP contribution in [0.5, 0.6) is 0 Å². The van der Waals surface area contributed by atoms with Gasteiger partial charge in [-0.15, -0.1) is 0 Å². The topological polar surface area (TPSA) is 46.2 Å². The van der Waals surface area contributed by atoms with Crippen molar-refractivity contribution < 1.29 is 12.8 Å². The molecular formula is C10H12FNO2S. The number of benzene rings is 1. The maximum atomic E-state index is 13.4. The van der Waals surface area contributed by atoms with Crippen LogP contribution in [-0.4, -0.2) is 27.3 Å². The van der Waals surface area contributed by atoms with E-state index in [-0.39, 0.29) is 11.3 Å². The van der Waals surface area contributed by atoms with Crippen LogP contribution in [0.1, 0.15) is 5.56 Å². The van der Waals surface area contributed by atoms with Crippen LogP contribution in [0.15, 0.2) is 23.1 Å². The molecular weight excluding hydrogens is 217 g/mol. The van der Waals surface area contributed by atoms with Gasteiger partial charge in [0.15, 0.2) is 9.84 Å². The summed E-state index contributed by atoms with van der Waals surface area (Å²) in [6.45, 7) is 0.358. The maximum Gasteiger partial charge on any atom is 0.183 e. The summed E-state index contributed by atoms with van der Waals surface area (Å²) in [6.07, 6.45) is 0.269. The van der Waals surface area contributed by atoms with Gasteiger partial charge in [-0.1, -0.05) is 6.07 Å². The molecule has 0 amide bonds. The van der Waals surface area contributed by atoms with Crippen LogP contribution in [-0.2, 0) is 16.3 Å². The summed E-state index contributed by atoms with van der Waals surface area (Å²) in [7, 11) is -1.64. The van der Waals surface area contributed by atoms with Crippen molar-refractivity contribution in [2.75, 3.05) is 13.6 Å². The Labute approximate surface area is 88.2 Å². The third-order valence-corrected chi connectivity index (χ3v) is 4.89. The fraction of sp³-hybridized carbons (Fsp3) is 0.400. The number of fused-ring (bicyclic) bond motifs is 1. The van der Waals surface area contributed by atoms with Gasteiger partial charge in [-0.25, -0.2) is 12.8 Å². The number of hydrogen-bond donors (Lipinski definition) is 1. The van der Waals surface area contributed by atoms with Gasteiger partial charge in [-0.2, -0.15) is 0 Å². The highest BCUT2D eigenvalue weighted by molar-refractivity contribution is 7.92. The molecule has 82 valence electrons. The summed E-state index contributed by atoms with van der Waals surface area (Å²) in [5.74, 6) is -0.422. The Bertz CT molecular complexity index is 484. The van der Waals surface area contributed by atoms with Crippen molar-refractivity contribution >= 4 is 9.84 Å². The molecule has 0 radical (unpaired) electrons. The van der Waals surface area contributed by atoms with E-state index in [4.69, 9.17) is 0 Å². The van der Waals surface area contributed by atoms with Crippen LogP contribution >= 0.6 is 0 Å². The van der Waals surface area contributed by atoms with E-state index < -0.39 is 20.9 Å². The van der Waals surface area contributed by atoms with Crippen LogP contribution in [0.25, 0.3) is 0 Å². The molecule has 0 bridgehead atoms. The van der Waals surface area contributed by atoms with E-state index >= 15 is 0 Å². The molecule has 0 saturated heterocycles. The molecule has 0 spiro atoms.